The molecule has 0 saturated heterocycles. The standard InChI is InChI=1S/C6H15N.C4H10O2/c1-3-5-7-6-4-2;5-3-1-2-4-6/h7H,3-6H2,1-2H3;5-6H,1-4H2. The van der Waals surface area contributed by atoms with Crippen LogP contribution in [0.2, 0.25) is 0 Å². The number of hydrogen-bond acceptors (Lipinski definition) is 3. The molecule has 0 bridgehead atoms. The molecule has 0 amide bonds. The number of aliphatic hydroxyl groups excluding tert-OH is 2. The van der Waals surface area contributed by atoms with Gasteiger partial charge in [0.2, 0.25) is 0 Å². The second-order valence-electron chi connectivity index (χ2n) is 2.90. The van der Waals surface area contributed by atoms with Crippen LogP contribution in [-0.4, -0.2) is 36.5 Å². The topological polar surface area (TPSA) is 52.5 Å². The Kier molecular flexibility index (Phi) is 21.1. The van der Waals surface area contributed by atoms with E-state index in [4.69, 9.17) is 10.2 Å². The molecule has 13 heavy (non-hydrogen) atoms. The fraction of sp³-hybridized carbons (Fsp3) is 1.00. The summed E-state index contributed by atoms with van der Waals surface area (Å²) in [7, 11) is 0. The third-order valence-electron chi connectivity index (χ3n) is 1.42. The van der Waals surface area contributed by atoms with E-state index in [9.17, 15) is 0 Å². The fourth-order valence-electron chi connectivity index (χ4n) is 0.702. The highest BCUT2D eigenvalue weighted by Gasteiger charge is 1.77. The van der Waals surface area contributed by atoms with E-state index in [1.165, 1.54) is 25.9 Å². The Labute approximate surface area is 82.2 Å². The first-order valence-corrected chi connectivity index (χ1v) is 5.25. The highest BCUT2D eigenvalue weighted by atomic mass is 16.3. The van der Waals surface area contributed by atoms with Crippen LogP contribution in [-0.2, 0) is 0 Å². The van der Waals surface area contributed by atoms with Crippen LogP contribution in [0.3, 0.4) is 0 Å². The van der Waals surface area contributed by atoms with Crippen molar-refractivity contribution in [1.82, 2.24) is 5.32 Å². The molecule has 0 aromatic carbocycles. The average Bonchev–Trinajstić information content (AvgIpc) is 2.17. The summed E-state index contributed by atoms with van der Waals surface area (Å²) in [5, 5.41) is 19.5. The van der Waals surface area contributed by atoms with Gasteiger partial charge in [-0.25, -0.2) is 0 Å². The zero-order chi connectivity index (χ0) is 10.4. The summed E-state index contributed by atoms with van der Waals surface area (Å²) in [5.41, 5.74) is 0. The third kappa shape index (κ3) is 24.5. The minimum Gasteiger partial charge on any atom is -0.396 e. The van der Waals surface area contributed by atoms with Crippen LogP contribution in [0.15, 0.2) is 0 Å². The molecule has 0 radical (unpaired) electrons. The van der Waals surface area contributed by atoms with Gasteiger partial charge in [-0.05, 0) is 38.8 Å². The number of nitrogens with one attached hydrogen (secondary N) is 1. The Balaban J connectivity index is 0. The predicted octanol–water partition coefficient (Wildman–Crippen LogP) is 1.15. The van der Waals surface area contributed by atoms with Gasteiger partial charge < -0.3 is 15.5 Å². The van der Waals surface area contributed by atoms with Gasteiger partial charge in [0.25, 0.3) is 0 Å². The quantitative estimate of drug-likeness (QED) is 0.529. The summed E-state index contributed by atoms with van der Waals surface area (Å²) in [4.78, 5) is 0. The lowest BCUT2D eigenvalue weighted by Crippen LogP contribution is -2.14. The van der Waals surface area contributed by atoms with Crippen molar-refractivity contribution in [3.63, 3.8) is 0 Å². The normalized spacial score (nSPS) is 9.23. The van der Waals surface area contributed by atoms with Gasteiger partial charge in [-0.3, -0.25) is 0 Å². The van der Waals surface area contributed by atoms with Gasteiger partial charge in [0.05, 0.1) is 0 Å². The van der Waals surface area contributed by atoms with E-state index in [0.717, 1.165) is 12.8 Å². The molecule has 0 aliphatic heterocycles. The van der Waals surface area contributed by atoms with Crippen molar-refractivity contribution in [2.75, 3.05) is 26.3 Å². The molecule has 3 heteroatoms. The van der Waals surface area contributed by atoms with E-state index >= 15 is 0 Å². The number of rotatable bonds is 7. The zero-order valence-corrected chi connectivity index (χ0v) is 9.05. The minimum absolute atomic E-state index is 0.195. The first-order valence-electron chi connectivity index (χ1n) is 5.25. The molecule has 0 aliphatic carbocycles. The molecule has 0 rings (SSSR count). The molecule has 0 aliphatic rings. The van der Waals surface area contributed by atoms with Crippen molar-refractivity contribution >= 4 is 0 Å². The van der Waals surface area contributed by atoms with Crippen molar-refractivity contribution in [2.45, 2.75) is 39.5 Å². The lowest BCUT2D eigenvalue weighted by Gasteiger charge is -1.95. The molecule has 3 nitrogen and oxygen atoms in total. The van der Waals surface area contributed by atoms with Crippen molar-refractivity contribution in [2.24, 2.45) is 0 Å². The van der Waals surface area contributed by atoms with E-state index in [1.54, 1.807) is 0 Å². The van der Waals surface area contributed by atoms with Crippen LogP contribution in [0, 0.1) is 0 Å². The van der Waals surface area contributed by atoms with Gasteiger partial charge in [0, 0.05) is 13.2 Å². The Morgan fingerprint density at radius 1 is 0.846 bits per heavy atom. The summed E-state index contributed by atoms with van der Waals surface area (Å²) < 4.78 is 0. The smallest absolute Gasteiger partial charge is 0.0431 e. The average molecular weight is 191 g/mol. The van der Waals surface area contributed by atoms with Crippen molar-refractivity contribution in [3.8, 4) is 0 Å². The zero-order valence-electron chi connectivity index (χ0n) is 9.05. The highest BCUT2D eigenvalue weighted by molar-refractivity contribution is 4.39. The Bertz CT molecular complexity index is 61.9. The Morgan fingerprint density at radius 2 is 1.23 bits per heavy atom. The second kappa shape index (κ2) is 17.8. The molecule has 0 aromatic heterocycles. The summed E-state index contributed by atoms with van der Waals surface area (Å²) in [6.07, 6.45) is 3.94. The molecule has 0 atom stereocenters. The monoisotopic (exact) mass is 191 g/mol. The summed E-state index contributed by atoms with van der Waals surface area (Å²) >= 11 is 0. The number of unbranched alkanes of at least 4 members (excludes halogenated alkanes) is 1. The van der Waals surface area contributed by atoms with E-state index in [-0.39, 0.29) is 13.2 Å². The lowest BCUT2D eigenvalue weighted by atomic mass is 10.3. The highest BCUT2D eigenvalue weighted by Crippen LogP contribution is 1.80. The molecular weight excluding hydrogens is 166 g/mol. The van der Waals surface area contributed by atoms with Crippen molar-refractivity contribution < 1.29 is 10.2 Å². The molecule has 0 fully saturated rings. The van der Waals surface area contributed by atoms with Crippen LogP contribution in [0.5, 0.6) is 0 Å². The van der Waals surface area contributed by atoms with Crippen LogP contribution in [0.4, 0.5) is 0 Å². The molecule has 0 unspecified atom stereocenters. The van der Waals surface area contributed by atoms with Gasteiger partial charge in [0.1, 0.15) is 0 Å². The van der Waals surface area contributed by atoms with Gasteiger partial charge in [0.15, 0.2) is 0 Å². The maximum Gasteiger partial charge on any atom is 0.0431 e. The summed E-state index contributed by atoms with van der Waals surface area (Å²) in [5.74, 6) is 0. The maximum absolute atomic E-state index is 8.09. The minimum atomic E-state index is 0.195. The van der Waals surface area contributed by atoms with E-state index in [0.29, 0.717) is 0 Å². The lowest BCUT2D eigenvalue weighted by molar-refractivity contribution is 0.242. The molecule has 0 heterocycles. The number of aliphatic hydroxyl groups is 2. The molecule has 0 spiro atoms. The molecule has 0 aromatic rings. The van der Waals surface area contributed by atoms with E-state index in [2.05, 4.69) is 19.2 Å². The second-order valence-corrected chi connectivity index (χ2v) is 2.90. The van der Waals surface area contributed by atoms with Gasteiger partial charge in [-0.2, -0.15) is 0 Å². The van der Waals surface area contributed by atoms with Crippen LogP contribution >= 0.6 is 0 Å². The molecule has 0 saturated carbocycles. The molecule has 82 valence electrons. The molecular formula is C10H25NO2. The van der Waals surface area contributed by atoms with Crippen molar-refractivity contribution in [3.05, 3.63) is 0 Å². The van der Waals surface area contributed by atoms with E-state index < -0.39 is 0 Å². The van der Waals surface area contributed by atoms with Crippen LogP contribution in [0.1, 0.15) is 39.5 Å². The largest absolute Gasteiger partial charge is 0.396 e. The van der Waals surface area contributed by atoms with Crippen LogP contribution in [0.25, 0.3) is 0 Å². The predicted molar refractivity (Wildman–Crippen MR) is 56.9 cm³/mol. The fourth-order valence-corrected chi connectivity index (χ4v) is 0.702. The van der Waals surface area contributed by atoms with Gasteiger partial charge in [-0.15, -0.1) is 0 Å². The third-order valence-corrected chi connectivity index (χ3v) is 1.42. The number of hydrogen-bond donors (Lipinski definition) is 3. The summed E-state index contributed by atoms with van der Waals surface area (Å²) in [6, 6.07) is 0. The first kappa shape index (κ1) is 15.4. The van der Waals surface area contributed by atoms with Gasteiger partial charge in [-0.1, -0.05) is 13.8 Å². The first-order chi connectivity index (χ1) is 6.33. The summed E-state index contributed by atoms with van der Waals surface area (Å²) in [6.45, 7) is 7.11. The SMILES string of the molecule is CCCNCCC.OCCCCO. The van der Waals surface area contributed by atoms with Gasteiger partial charge >= 0.3 is 0 Å². The van der Waals surface area contributed by atoms with E-state index in [1.807, 2.05) is 0 Å². The van der Waals surface area contributed by atoms with Crippen LogP contribution < -0.4 is 5.32 Å². The Hall–Kier alpha value is -0.120. The maximum atomic E-state index is 8.09. The Morgan fingerprint density at radius 3 is 1.46 bits per heavy atom. The van der Waals surface area contributed by atoms with Crippen molar-refractivity contribution in [1.29, 1.82) is 0 Å². The molecule has 3 N–H and O–H groups in total.